The van der Waals surface area contributed by atoms with Gasteiger partial charge in [-0.1, -0.05) is 17.7 Å². The monoisotopic (exact) mass is 265 g/mol. The summed E-state index contributed by atoms with van der Waals surface area (Å²) in [7, 11) is 0. The van der Waals surface area contributed by atoms with E-state index in [0.717, 1.165) is 11.1 Å². The van der Waals surface area contributed by atoms with Crippen LogP contribution < -0.4 is 10.5 Å². The van der Waals surface area contributed by atoms with Crippen LogP contribution in [0, 0.1) is 12.7 Å². The molecule has 2 N–H and O–H groups in total. The van der Waals surface area contributed by atoms with Gasteiger partial charge in [0.15, 0.2) is 0 Å². The number of rotatable bonds is 3. The average Bonchev–Trinajstić information content (AvgIpc) is 2.34. The standard InChI is InChI=1S/C14H13ClFNO/c1-9-2-4-12(16)6-10(9)8-18-14-7-11(15)3-5-13(14)17/h2-7H,8,17H2,1H3. The van der Waals surface area contributed by atoms with Crippen LogP contribution in [0.1, 0.15) is 11.1 Å². The first-order valence-electron chi connectivity index (χ1n) is 5.49. The normalized spacial score (nSPS) is 10.4. The molecule has 0 unspecified atom stereocenters. The van der Waals surface area contributed by atoms with Gasteiger partial charge in [0.1, 0.15) is 18.2 Å². The summed E-state index contributed by atoms with van der Waals surface area (Å²) >= 11 is 5.86. The van der Waals surface area contributed by atoms with Crippen LogP contribution in [0.3, 0.4) is 0 Å². The number of benzene rings is 2. The van der Waals surface area contributed by atoms with Crippen LogP contribution >= 0.6 is 11.6 Å². The Morgan fingerprint density at radius 2 is 2.00 bits per heavy atom. The van der Waals surface area contributed by atoms with Crippen LogP contribution in [-0.4, -0.2) is 0 Å². The van der Waals surface area contributed by atoms with Crippen molar-refractivity contribution in [3.63, 3.8) is 0 Å². The molecule has 0 fully saturated rings. The van der Waals surface area contributed by atoms with Gasteiger partial charge in [-0.15, -0.1) is 0 Å². The molecule has 94 valence electrons. The molecule has 0 aromatic heterocycles. The number of halogens is 2. The number of aryl methyl sites for hydroxylation is 1. The van der Waals surface area contributed by atoms with E-state index in [1.165, 1.54) is 12.1 Å². The molecule has 2 aromatic rings. The lowest BCUT2D eigenvalue weighted by Crippen LogP contribution is -2.01. The summed E-state index contributed by atoms with van der Waals surface area (Å²) in [6.07, 6.45) is 0. The van der Waals surface area contributed by atoms with Crippen molar-refractivity contribution in [2.24, 2.45) is 0 Å². The van der Waals surface area contributed by atoms with Gasteiger partial charge in [0.05, 0.1) is 5.69 Å². The van der Waals surface area contributed by atoms with Gasteiger partial charge in [0.25, 0.3) is 0 Å². The maximum absolute atomic E-state index is 13.1. The first-order valence-corrected chi connectivity index (χ1v) is 5.87. The lowest BCUT2D eigenvalue weighted by atomic mass is 10.1. The number of nitrogens with two attached hydrogens (primary N) is 1. The van der Waals surface area contributed by atoms with Gasteiger partial charge in [-0.25, -0.2) is 4.39 Å². The van der Waals surface area contributed by atoms with Gasteiger partial charge in [0.2, 0.25) is 0 Å². The van der Waals surface area contributed by atoms with Gasteiger partial charge >= 0.3 is 0 Å². The quantitative estimate of drug-likeness (QED) is 0.853. The fourth-order valence-corrected chi connectivity index (χ4v) is 1.75. The van der Waals surface area contributed by atoms with Gasteiger partial charge < -0.3 is 10.5 Å². The van der Waals surface area contributed by atoms with E-state index in [2.05, 4.69) is 0 Å². The van der Waals surface area contributed by atoms with Gasteiger partial charge in [-0.2, -0.15) is 0 Å². The fourth-order valence-electron chi connectivity index (χ4n) is 1.58. The number of ether oxygens (including phenoxy) is 1. The summed E-state index contributed by atoms with van der Waals surface area (Å²) in [6, 6.07) is 9.61. The second-order valence-electron chi connectivity index (χ2n) is 4.04. The molecule has 0 saturated carbocycles. The SMILES string of the molecule is Cc1ccc(F)cc1COc1cc(Cl)ccc1N. The zero-order valence-electron chi connectivity index (χ0n) is 9.91. The Bertz CT molecular complexity index is 520. The van der Waals surface area contributed by atoms with E-state index in [4.69, 9.17) is 22.1 Å². The van der Waals surface area contributed by atoms with Crippen LogP contribution in [0.4, 0.5) is 10.1 Å². The second-order valence-corrected chi connectivity index (χ2v) is 4.48. The molecular weight excluding hydrogens is 253 g/mol. The molecule has 0 saturated heterocycles. The molecule has 0 atom stereocenters. The van der Waals surface area contributed by atoms with Crippen LogP contribution in [0.15, 0.2) is 36.4 Å². The molecule has 4 heteroatoms. The Kier molecular flexibility index (Phi) is 3.72. The predicted molar refractivity (Wildman–Crippen MR) is 71.3 cm³/mol. The maximum Gasteiger partial charge on any atom is 0.144 e. The first kappa shape index (κ1) is 12.7. The van der Waals surface area contributed by atoms with E-state index >= 15 is 0 Å². The van der Waals surface area contributed by atoms with Gasteiger partial charge in [-0.3, -0.25) is 0 Å². The third-order valence-electron chi connectivity index (χ3n) is 2.67. The van der Waals surface area contributed by atoms with E-state index in [1.807, 2.05) is 6.92 Å². The number of hydrogen-bond donors (Lipinski definition) is 1. The minimum Gasteiger partial charge on any atom is -0.487 e. The molecular formula is C14H13ClFNO. The third-order valence-corrected chi connectivity index (χ3v) is 2.91. The summed E-state index contributed by atoms with van der Waals surface area (Å²) in [4.78, 5) is 0. The van der Waals surface area contributed by atoms with E-state index in [0.29, 0.717) is 16.5 Å². The van der Waals surface area contributed by atoms with E-state index in [1.54, 1.807) is 24.3 Å². The number of nitrogen functional groups attached to an aromatic ring is 1. The highest BCUT2D eigenvalue weighted by atomic mass is 35.5. The Hall–Kier alpha value is -1.74. The van der Waals surface area contributed by atoms with Crippen molar-refractivity contribution in [3.05, 3.63) is 58.4 Å². The predicted octanol–water partition coefficient (Wildman–Crippen LogP) is 3.95. The summed E-state index contributed by atoms with van der Waals surface area (Å²) in [6.45, 7) is 2.16. The van der Waals surface area contributed by atoms with Crippen molar-refractivity contribution >= 4 is 17.3 Å². The minimum absolute atomic E-state index is 0.258. The smallest absolute Gasteiger partial charge is 0.144 e. The average molecular weight is 266 g/mol. The van der Waals surface area contributed by atoms with Crippen molar-refractivity contribution in [2.45, 2.75) is 13.5 Å². The van der Waals surface area contributed by atoms with Crippen LogP contribution in [-0.2, 0) is 6.61 Å². The second kappa shape index (κ2) is 5.27. The fraction of sp³-hybridized carbons (Fsp3) is 0.143. The lowest BCUT2D eigenvalue weighted by molar-refractivity contribution is 0.306. The largest absolute Gasteiger partial charge is 0.487 e. The molecule has 0 heterocycles. The third kappa shape index (κ3) is 2.93. The Morgan fingerprint density at radius 1 is 1.22 bits per heavy atom. The topological polar surface area (TPSA) is 35.2 Å². The van der Waals surface area contributed by atoms with E-state index in [9.17, 15) is 4.39 Å². The van der Waals surface area contributed by atoms with E-state index in [-0.39, 0.29) is 12.4 Å². The highest BCUT2D eigenvalue weighted by molar-refractivity contribution is 6.30. The molecule has 0 aliphatic heterocycles. The zero-order valence-corrected chi connectivity index (χ0v) is 10.7. The molecule has 0 aliphatic rings. The molecule has 2 rings (SSSR count). The molecule has 18 heavy (non-hydrogen) atoms. The summed E-state index contributed by atoms with van der Waals surface area (Å²) < 4.78 is 18.7. The van der Waals surface area contributed by atoms with Crippen molar-refractivity contribution in [1.82, 2.24) is 0 Å². The lowest BCUT2D eigenvalue weighted by Gasteiger charge is -2.11. The van der Waals surface area contributed by atoms with Crippen LogP contribution in [0.5, 0.6) is 5.75 Å². The first-order chi connectivity index (χ1) is 8.56. The molecule has 2 aromatic carbocycles. The van der Waals surface area contributed by atoms with Crippen LogP contribution in [0.2, 0.25) is 5.02 Å². The van der Waals surface area contributed by atoms with Crippen molar-refractivity contribution in [3.8, 4) is 5.75 Å². The molecule has 0 amide bonds. The molecule has 0 spiro atoms. The highest BCUT2D eigenvalue weighted by Gasteiger charge is 2.05. The highest BCUT2D eigenvalue weighted by Crippen LogP contribution is 2.26. The summed E-state index contributed by atoms with van der Waals surface area (Å²) in [5, 5.41) is 0.551. The van der Waals surface area contributed by atoms with Crippen molar-refractivity contribution in [2.75, 3.05) is 5.73 Å². The van der Waals surface area contributed by atoms with Crippen LogP contribution in [0.25, 0.3) is 0 Å². The zero-order chi connectivity index (χ0) is 13.1. The number of hydrogen-bond acceptors (Lipinski definition) is 2. The summed E-state index contributed by atoms with van der Waals surface area (Å²) in [5.41, 5.74) is 8.03. The molecule has 0 aliphatic carbocycles. The van der Waals surface area contributed by atoms with E-state index < -0.39 is 0 Å². The van der Waals surface area contributed by atoms with Gasteiger partial charge in [0, 0.05) is 11.1 Å². The Balaban J connectivity index is 2.16. The number of anilines is 1. The van der Waals surface area contributed by atoms with Gasteiger partial charge in [-0.05, 0) is 42.3 Å². The Morgan fingerprint density at radius 3 is 2.78 bits per heavy atom. The van der Waals surface area contributed by atoms with Crippen molar-refractivity contribution < 1.29 is 9.13 Å². The maximum atomic E-state index is 13.1. The minimum atomic E-state index is -0.279. The Labute approximate surface area is 110 Å². The van der Waals surface area contributed by atoms with Crippen molar-refractivity contribution in [1.29, 1.82) is 0 Å². The molecule has 2 nitrogen and oxygen atoms in total. The molecule has 0 bridgehead atoms. The molecule has 0 radical (unpaired) electrons. The summed E-state index contributed by atoms with van der Waals surface area (Å²) in [5.74, 6) is 0.226.